The van der Waals surface area contributed by atoms with Crippen molar-refractivity contribution in [3.63, 3.8) is 0 Å². The molecule has 9 nitrogen and oxygen atoms in total. The number of benzene rings is 2. The first-order valence-electron chi connectivity index (χ1n) is 16.0. The number of ether oxygens (including phenoxy) is 1. The van der Waals surface area contributed by atoms with Gasteiger partial charge in [-0.1, -0.05) is 42.5 Å². The molecule has 0 saturated carbocycles. The van der Waals surface area contributed by atoms with Crippen molar-refractivity contribution in [2.24, 2.45) is 13.0 Å². The van der Waals surface area contributed by atoms with E-state index in [0.29, 0.717) is 24.0 Å². The molecule has 0 aliphatic carbocycles. The number of rotatable bonds is 11. The molecule has 6 rings (SSSR count). The lowest BCUT2D eigenvalue weighted by Crippen LogP contribution is -2.41. The number of aromatic nitrogens is 3. The van der Waals surface area contributed by atoms with Gasteiger partial charge in [0.1, 0.15) is 6.61 Å². The molecule has 2 fully saturated rings. The molecule has 2 aromatic carbocycles. The van der Waals surface area contributed by atoms with Gasteiger partial charge in [-0.2, -0.15) is 0 Å². The molecule has 0 spiro atoms. The number of hydrogen-bond donors (Lipinski definition) is 1. The van der Waals surface area contributed by atoms with Gasteiger partial charge in [0.15, 0.2) is 5.78 Å². The fraction of sp³-hybridized carbons (Fsp3) is 0.457. The van der Waals surface area contributed by atoms with Gasteiger partial charge in [-0.25, -0.2) is 9.97 Å². The monoisotopic (exact) mass is 609 g/mol. The van der Waals surface area contributed by atoms with Crippen LogP contribution in [0, 0.1) is 5.92 Å². The Hall–Kier alpha value is -3.57. The summed E-state index contributed by atoms with van der Waals surface area (Å²) in [5.74, 6) is 1.16. The van der Waals surface area contributed by atoms with Gasteiger partial charge in [0.05, 0.1) is 23.4 Å². The Bertz CT molecular complexity index is 1600. The molecule has 0 unspecified atom stereocenters. The summed E-state index contributed by atoms with van der Waals surface area (Å²) in [6.45, 7) is 12.2. The highest BCUT2D eigenvalue weighted by Gasteiger charge is 2.51. The normalized spacial score (nSPS) is 18.2. The SMILES string of the molecule is Cn1cc(CNCC2CCN(c3ncc(C(=O)COCc4ccc(B5OC(C)(C)C(C)(C)O5)cc4)cn3)CC2)c2ccccc21. The minimum atomic E-state index is -0.399. The quantitative estimate of drug-likeness (QED) is 0.194. The number of piperidine rings is 1. The number of carbonyl (C=O) groups is 1. The third kappa shape index (κ3) is 6.99. The van der Waals surface area contributed by atoms with E-state index in [0.717, 1.165) is 50.0 Å². The van der Waals surface area contributed by atoms with Crippen LogP contribution in [0.5, 0.6) is 0 Å². The van der Waals surface area contributed by atoms with Crippen LogP contribution in [0.25, 0.3) is 10.9 Å². The number of aryl methyl sites for hydroxylation is 1. The molecule has 2 saturated heterocycles. The lowest BCUT2D eigenvalue weighted by atomic mass is 9.79. The summed E-state index contributed by atoms with van der Waals surface area (Å²) in [6, 6.07) is 16.5. The average molecular weight is 610 g/mol. The zero-order valence-corrected chi connectivity index (χ0v) is 27.1. The van der Waals surface area contributed by atoms with E-state index in [1.54, 1.807) is 12.4 Å². The number of anilines is 1. The molecule has 0 atom stereocenters. The molecule has 0 radical (unpaired) electrons. The predicted octanol–water partition coefficient (Wildman–Crippen LogP) is 4.67. The molecular formula is C35H44BN5O4. The molecule has 45 heavy (non-hydrogen) atoms. The number of fused-ring (bicyclic) bond motifs is 1. The molecule has 4 heterocycles. The van der Waals surface area contributed by atoms with Gasteiger partial charge < -0.3 is 28.8 Å². The van der Waals surface area contributed by atoms with Crippen LogP contribution in [0.4, 0.5) is 5.95 Å². The van der Waals surface area contributed by atoms with E-state index in [-0.39, 0.29) is 23.6 Å². The van der Waals surface area contributed by atoms with Crippen LogP contribution < -0.4 is 15.7 Å². The summed E-state index contributed by atoms with van der Waals surface area (Å²) < 4.78 is 20.2. The molecule has 0 amide bonds. The first-order chi connectivity index (χ1) is 21.6. The van der Waals surface area contributed by atoms with Gasteiger partial charge in [-0.15, -0.1) is 0 Å². The molecule has 4 aromatic rings. The number of para-hydroxylation sites is 1. The maximum Gasteiger partial charge on any atom is 0.494 e. The fourth-order valence-electron chi connectivity index (χ4n) is 6.04. The van der Waals surface area contributed by atoms with Gasteiger partial charge in [-0.05, 0) is 75.7 Å². The summed E-state index contributed by atoms with van der Waals surface area (Å²) in [7, 11) is 1.70. The maximum atomic E-state index is 12.7. The van der Waals surface area contributed by atoms with E-state index in [1.807, 2.05) is 52.0 Å². The van der Waals surface area contributed by atoms with E-state index >= 15 is 0 Å². The predicted molar refractivity (Wildman–Crippen MR) is 178 cm³/mol. The summed E-state index contributed by atoms with van der Waals surface area (Å²) >= 11 is 0. The van der Waals surface area contributed by atoms with E-state index < -0.39 is 7.12 Å². The van der Waals surface area contributed by atoms with Gasteiger partial charge in [0, 0.05) is 56.2 Å². The molecule has 236 valence electrons. The highest BCUT2D eigenvalue weighted by Crippen LogP contribution is 2.36. The maximum absolute atomic E-state index is 12.7. The van der Waals surface area contributed by atoms with Gasteiger partial charge in [0.25, 0.3) is 0 Å². The number of nitrogens with one attached hydrogen (secondary N) is 1. The smallest absolute Gasteiger partial charge is 0.399 e. The van der Waals surface area contributed by atoms with E-state index in [9.17, 15) is 4.79 Å². The van der Waals surface area contributed by atoms with Crippen LogP contribution in [0.15, 0.2) is 67.1 Å². The van der Waals surface area contributed by atoms with Crippen molar-refractivity contribution >= 4 is 35.2 Å². The number of nitrogens with zero attached hydrogens (tertiary/aromatic N) is 4. The second-order valence-corrected chi connectivity index (χ2v) is 13.4. The van der Waals surface area contributed by atoms with Crippen molar-refractivity contribution in [3.05, 3.63) is 83.8 Å². The third-order valence-electron chi connectivity index (χ3n) is 9.59. The van der Waals surface area contributed by atoms with Gasteiger partial charge in [0.2, 0.25) is 5.95 Å². The Labute approximate surface area is 266 Å². The van der Waals surface area contributed by atoms with E-state index in [4.69, 9.17) is 14.0 Å². The van der Waals surface area contributed by atoms with Crippen molar-refractivity contribution in [1.82, 2.24) is 19.9 Å². The zero-order chi connectivity index (χ0) is 31.6. The summed E-state index contributed by atoms with van der Waals surface area (Å²) in [5, 5.41) is 4.99. The van der Waals surface area contributed by atoms with Crippen LogP contribution >= 0.6 is 0 Å². The minimum absolute atomic E-state index is 0.0289. The lowest BCUT2D eigenvalue weighted by molar-refractivity contribution is 0.00578. The van der Waals surface area contributed by atoms with Crippen LogP contribution in [0.3, 0.4) is 0 Å². The number of Topliss-reactive ketones (excluding diaryl/α,β-unsaturated/α-hetero) is 1. The van der Waals surface area contributed by atoms with Crippen molar-refractivity contribution in [3.8, 4) is 0 Å². The number of ketones is 1. The van der Waals surface area contributed by atoms with Crippen LogP contribution in [0.1, 0.15) is 62.0 Å². The third-order valence-corrected chi connectivity index (χ3v) is 9.59. The lowest BCUT2D eigenvalue weighted by Gasteiger charge is -2.32. The Kier molecular flexibility index (Phi) is 9.11. The van der Waals surface area contributed by atoms with Gasteiger partial charge in [-0.3, -0.25) is 4.79 Å². The molecule has 2 aromatic heterocycles. The topological polar surface area (TPSA) is 90.7 Å². The van der Waals surface area contributed by atoms with Crippen LogP contribution in [0.2, 0.25) is 0 Å². The molecule has 1 N–H and O–H groups in total. The minimum Gasteiger partial charge on any atom is -0.399 e. The summed E-state index contributed by atoms with van der Waals surface area (Å²) in [5.41, 5.74) is 4.24. The van der Waals surface area contributed by atoms with Crippen molar-refractivity contribution in [2.45, 2.75) is 64.9 Å². The average Bonchev–Trinajstić information content (AvgIpc) is 3.47. The largest absolute Gasteiger partial charge is 0.494 e. The highest BCUT2D eigenvalue weighted by atomic mass is 16.7. The second-order valence-electron chi connectivity index (χ2n) is 13.4. The fourth-order valence-corrected chi connectivity index (χ4v) is 6.04. The van der Waals surface area contributed by atoms with Crippen molar-refractivity contribution in [2.75, 3.05) is 31.1 Å². The summed E-state index contributed by atoms with van der Waals surface area (Å²) in [6.07, 6.45) is 7.62. The standard InChI is InChI=1S/C35H44BN5O4/c1-34(2)35(3,4)45-36(44-34)29-12-10-26(11-13-29)23-43-24-32(42)27-20-38-33(39-21-27)41-16-14-25(15-17-41)18-37-19-28-22-40(5)31-9-7-6-8-30(28)31/h6-13,20-22,25,37H,14-19,23-24H2,1-5H3. The molecule has 2 aliphatic rings. The van der Waals surface area contributed by atoms with Gasteiger partial charge >= 0.3 is 7.12 Å². The second kappa shape index (κ2) is 13.0. The van der Waals surface area contributed by atoms with E-state index in [2.05, 4.69) is 62.3 Å². The first-order valence-corrected chi connectivity index (χ1v) is 16.0. The number of carbonyl (C=O) groups excluding carboxylic acids is 1. The van der Waals surface area contributed by atoms with Crippen molar-refractivity contribution < 1.29 is 18.8 Å². The van der Waals surface area contributed by atoms with E-state index in [1.165, 1.54) is 16.5 Å². The number of hydrogen-bond acceptors (Lipinski definition) is 8. The van der Waals surface area contributed by atoms with Crippen molar-refractivity contribution in [1.29, 1.82) is 0 Å². The Morgan fingerprint density at radius 3 is 2.36 bits per heavy atom. The molecule has 2 aliphatic heterocycles. The summed E-state index contributed by atoms with van der Waals surface area (Å²) in [4.78, 5) is 24.0. The molecule has 0 bridgehead atoms. The zero-order valence-electron chi connectivity index (χ0n) is 27.1. The Morgan fingerprint density at radius 1 is 1.00 bits per heavy atom. The van der Waals surface area contributed by atoms with Crippen LogP contribution in [-0.4, -0.2) is 64.9 Å². The molecule has 10 heteroatoms. The molecular weight excluding hydrogens is 565 g/mol. The first kappa shape index (κ1) is 31.4. The highest BCUT2D eigenvalue weighted by molar-refractivity contribution is 6.62. The Morgan fingerprint density at radius 2 is 1.67 bits per heavy atom. The van der Waals surface area contributed by atoms with Crippen LogP contribution in [-0.2, 0) is 34.2 Å². The Balaban J connectivity index is 0.911.